The number of aryl methyl sites for hydroxylation is 1. The molecule has 7 heteroatoms. The monoisotopic (exact) mass is 311 g/mol. The van der Waals surface area contributed by atoms with Crippen molar-refractivity contribution in [3.8, 4) is 0 Å². The van der Waals surface area contributed by atoms with Gasteiger partial charge in [0, 0.05) is 24.7 Å². The fourth-order valence-corrected chi connectivity index (χ4v) is 2.70. The van der Waals surface area contributed by atoms with Crippen molar-refractivity contribution in [2.75, 3.05) is 5.32 Å². The van der Waals surface area contributed by atoms with Gasteiger partial charge in [0.25, 0.3) is 0 Å². The normalized spacial score (nSPS) is 21.2. The molecule has 6 nitrogen and oxygen atoms in total. The number of benzene rings is 1. The van der Waals surface area contributed by atoms with Gasteiger partial charge in [0.2, 0.25) is 5.91 Å². The molecule has 1 fully saturated rings. The number of hydrogen-bond acceptors (Lipinski definition) is 4. The van der Waals surface area contributed by atoms with Gasteiger partial charge in [-0.25, -0.2) is 4.79 Å². The van der Waals surface area contributed by atoms with Crippen LogP contribution in [0.2, 0.25) is 0 Å². The number of nitrogens with one attached hydrogen (secondary N) is 1. The van der Waals surface area contributed by atoms with Crippen LogP contribution < -0.4 is 16.8 Å². The lowest BCUT2D eigenvalue weighted by Gasteiger charge is -2.10. The van der Waals surface area contributed by atoms with Gasteiger partial charge in [-0.2, -0.15) is 0 Å². The first-order valence-corrected chi connectivity index (χ1v) is 6.70. The zero-order valence-electron chi connectivity index (χ0n) is 11.7. The molecule has 2 unspecified atom stereocenters. The Hall–Kier alpha value is -1.79. The summed E-state index contributed by atoms with van der Waals surface area (Å²) in [6, 6.07) is 5.29. The van der Waals surface area contributed by atoms with Crippen LogP contribution in [0, 0.1) is 5.92 Å². The molecule has 114 valence electrons. The zero-order chi connectivity index (χ0) is 14.3. The Balaban J connectivity index is 0.00000161. The average molecular weight is 312 g/mol. The van der Waals surface area contributed by atoms with Crippen LogP contribution in [0.3, 0.4) is 0 Å². The molecule has 1 aliphatic rings. The van der Waals surface area contributed by atoms with E-state index in [9.17, 15) is 9.59 Å². The number of carbonyl (C=O) groups is 1. The van der Waals surface area contributed by atoms with Crippen molar-refractivity contribution in [1.82, 2.24) is 4.57 Å². The van der Waals surface area contributed by atoms with Gasteiger partial charge >= 0.3 is 5.76 Å². The third kappa shape index (κ3) is 2.96. The van der Waals surface area contributed by atoms with Gasteiger partial charge in [0.05, 0.1) is 5.52 Å². The lowest BCUT2D eigenvalue weighted by Crippen LogP contribution is -2.23. The first-order chi connectivity index (χ1) is 9.54. The third-order valence-corrected chi connectivity index (χ3v) is 3.90. The van der Waals surface area contributed by atoms with Gasteiger partial charge in [-0.3, -0.25) is 9.36 Å². The number of hydrogen-bond donors (Lipinski definition) is 2. The average Bonchev–Trinajstić information content (AvgIpc) is 2.96. The van der Waals surface area contributed by atoms with E-state index >= 15 is 0 Å². The van der Waals surface area contributed by atoms with Crippen molar-refractivity contribution in [2.24, 2.45) is 18.7 Å². The second kappa shape index (κ2) is 5.91. The summed E-state index contributed by atoms with van der Waals surface area (Å²) in [6.07, 6.45) is 2.46. The van der Waals surface area contributed by atoms with Crippen molar-refractivity contribution in [2.45, 2.75) is 25.3 Å². The van der Waals surface area contributed by atoms with Gasteiger partial charge < -0.3 is 15.5 Å². The van der Waals surface area contributed by atoms with Gasteiger partial charge in [-0.1, -0.05) is 0 Å². The lowest BCUT2D eigenvalue weighted by molar-refractivity contribution is -0.119. The molecule has 2 aromatic rings. The molecular formula is C14H18ClN3O3. The molecule has 1 aliphatic carbocycles. The van der Waals surface area contributed by atoms with E-state index in [2.05, 4.69) is 5.32 Å². The number of anilines is 1. The first-order valence-electron chi connectivity index (χ1n) is 6.70. The van der Waals surface area contributed by atoms with E-state index in [0.29, 0.717) is 16.8 Å². The highest BCUT2D eigenvalue weighted by Gasteiger charge is 2.27. The summed E-state index contributed by atoms with van der Waals surface area (Å²) in [5.74, 6) is -0.440. The second-order valence-electron chi connectivity index (χ2n) is 5.37. The van der Waals surface area contributed by atoms with Crippen LogP contribution >= 0.6 is 12.4 Å². The summed E-state index contributed by atoms with van der Waals surface area (Å²) in [4.78, 5) is 23.5. The fraction of sp³-hybridized carbons (Fsp3) is 0.429. The van der Waals surface area contributed by atoms with E-state index in [1.165, 1.54) is 4.57 Å². The van der Waals surface area contributed by atoms with Crippen LogP contribution in [0.15, 0.2) is 27.4 Å². The smallest absolute Gasteiger partial charge is 0.408 e. The number of amides is 1. The van der Waals surface area contributed by atoms with E-state index < -0.39 is 5.76 Å². The summed E-state index contributed by atoms with van der Waals surface area (Å²) in [7, 11) is 1.63. The Morgan fingerprint density at radius 3 is 2.86 bits per heavy atom. The van der Waals surface area contributed by atoms with Crippen LogP contribution in [0.25, 0.3) is 11.1 Å². The van der Waals surface area contributed by atoms with E-state index in [1.54, 1.807) is 25.2 Å². The predicted octanol–water partition coefficient (Wildman–Crippen LogP) is 1.62. The molecule has 1 saturated carbocycles. The van der Waals surface area contributed by atoms with Crippen molar-refractivity contribution in [3.63, 3.8) is 0 Å². The number of fused-ring (bicyclic) bond motifs is 1. The molecule has 3 N–H and O–H groups in total. The van der Waals surface area contributed by atoms with E-state index in [-0.39, 0.29) is 30.3 Å². The number of carbonyl (C=O) groups excluding carboxylic acids is 1. The molecule has 21 heavy (non-hydrogen) atoms. The number of aromatic nitrogens is 1. The fourth-order valence-electron chi connectivity index (χ4n) is 2.70. The summed E-state index contributed by atoms with van der Waals surface area (Å²) in [5, 5.41) is 2.88. The SMILES string of the molecule is Cl.Cn1c(=O)oc2ccc(NC(=O)C3CCC(N)C3)cc21. The molecule has 3 rings (SSSR count). The molecule has 0 spiro atoms. The number of rotatable bonds is 2. The number of nitrogens with zero attached hydrogens (tertiary/aromatic N) is 1. The van der Waals surface area contributed by atoms with Crippen molar-refractivity contribution >= 4 is 35.1 Å². The zero-order valence-corrected chi connectivity index (χ0v) is 12.5. The Morgan fingerprint density at radius 1 is 1.43 bits per heavy atom. The molecule has 1 aromatic heterocycles. The number of halogens is 1. The Labute approximate surface area is 127 Å². The maximum absolute atomic E-state index is 12.1. The first kappa shape index (κ1) is 15.6. The summed E-state index contributed by atoms with van der Waals surface area (Å²) in [5.41, 5.74) is 7.66. The second-order valence-corrected chi connectivity index (χ2v) is 5.37. The molecule has 2 atom stereocenters. The number of oxazole rings is 1. The van der Waals surface area contributed by atoms with Crippen LogP contribution in [0.5, 0.6) is 0 Å². The van der Waals surface area contributed by atoms with Crippen LogP contribution in [0.4, 0.5) is 5.69 Å². The van der Waals surface area contributed by atoms with E-state index in [1.807, 2.05) is 0 Å². The summed E-state index contributed by atoms with van der Waals surface area (Å²) < 4.78 is 6.46. The van der Waals surface area contributed by atoms with Gasteiger partial charge in [0.1, 0.15) is 0 Å². The van der Waals surface area contributed by atoms with Crippen LogP contribution in [0.1, 0.15) is 19.3 Å². The molecule has 1 heterocycles. The molecular weight excluding hydrogens is 294 g/mol. The Kier molecular flexibility index (Phi) is 4.39. The third-order valence-electron chi connectivity index (χ3n) is 3.90. The van der Waals surface area contributed by atoms with Crippen molar-refractivity contribution < 1.29 is 9.21 Å². The highest BCUT2D eigenvalue weighted by Crippen LogP contribution is 2.26. The standard InChI is InChI=1S/C14H17N3O3.ClH/c1-17-11-7-10(4-5-12(11)20-14(17)19)16-13(18)8-2-3-9(15)6-8;/h4-5,7-9H,2-3,6,15H2,1H3,(H,16,18);1H. The predicted molar refractivity (Wildman–Crippen MR) is 82.6 cm³/mol. The Morgan fingerprint density at radius 2 is 2.19 bits per heavy atom. The minimum atomic E-state index is -0.412. The molecule has 0 radical (unpaired) electrons. The molecule has 1 amide bonds. The van der Waals surface area contributed by atoms with Crippen molar-refractivity contribution in [3.05, 3.63) is 28.7 Å². The van der Waals surface area contributed by atoms with Gasteiger partial charge in [-0.05, 0) is 37.5 Å². The summed E-state index contributed by atoms with van der Waals surface area (Å²) in [6.45, 7) is 0. The maximum atomic E-state index is 12.1. The maximum Gasteiger partial charge on any atom is 0.419 e. The number of nitrogens with two attached hydrogens (primary N) is 1. The van der Waals surface area contributed by atoms with Crippen LogP contribution in [-0.2, 0) is 11.8 Å². The minimum absolute atomic E-state index is 0. The minimum Gasteiger partial charge on any atom is -0.408 e. The van der Waals surface area contributed by atoms with Gasteiger partial charge in [0.15, 0.2) is 5.58 Å². The Bertz CT molecular complexity index is 722. The van der Waals surface area contributed by atoms with Crippen LogP contribution in [-0.4, -0.2) is 16.5 Å². The molecule has 0 aliphatic heterocycles. The van der Waals surface area contributed by atoms with Crippen molar-refractivity contribution in [1.29, 1.82) is 0 Å². The van der Waals surface area contributed by atoms with Gasteiger partial charge in [-0.15, -0.1) is 12.4 Å². The molecule has 1 aromatic carbocycles. The molecule has 0 saturated heterocycles. The van der Waals surface area contributed by atoms with E-state index in [4.69, 9.17) is 10.2 Å². The molecule has 0 bridgehead atoms. The highest BCUT2D eigenvalue weighted by molar-refractivity contribution is 5.94. The summed E-state index contributed by atoms with van der Waals surface area (Å²) >= 11 is 0. The van der Waals surface area contributed by atoms with E-state index in [0.717, 1.165) is 19.3 Å². The topological polar surface area (TPSA) is 90.3 Å². The lowest BCUT2D eigenvalue weighted by atomic mass is 10.1. The largest absolute Gasteiger partial charge is 0.419 e. The highest BCUT2D eigenvalue weighted by atomic mass is 35.5. The quantitative estimate of drug-likeness (QED) is 0.881.